The highest BCUT2D eigenvalue weighted by atomic mass is 16.3. The van der Waals surface area contributed by atoms with Crippen molar-refractivity contribution in [3.8, 4) is 0 Å². The lowest BCUT2D eigenvalue weighted by molar-refractivity contribution is -0.131. The van der Waals surface area contributed by atoms with Crippen LogP contribution >= 0.6 is 0 Å². The summed E-state index contributed by atoms with van der Waals surface area (Å²) in [6, 6.07) is 0. The van der Waals surface area contributed by atoms with E-state index >= 15 is 0 Å². The Morgan fingerprint density at radius 3 is 1.20 bits per heavy atom. The molecule has 0 radical (unpaired) electrons. The smallest absolute Gasteiger partial charge is 0.156 e. The molecule has 0 heterocycles. The number of hydrogen-bond acceptors (Lipinski definition) is 8. The average Bonchev–Trinajstić information content (AvgIpc) is 1.71. The molecule has 0 amide bonds. The second kappa shape index (κ2) is 25.4. The fraction of sp³-hybridized carbons (Fsp3) is 0.685. The van der Waals surface area contributed by atoms with E-state index in [1.807, 2.05) is 24.3 Å². The number of carbonyl (C=O) groups is 4. The minimum absolute atomic E-state index is 0. The van der Waals surface area contributed by atoms with Crippen LogP contribution in [0, 0.1) is 126 Å². The van der Waals surface area contributed by atoms with E-state index in [1.54, 1.807) is 0 Å². The maximum Gasteiger partial charge on any atom is 0.156 e. The molecule has 8 fully saturated rings. The molecule has 0 aromatic carbocycles. The summed E-state index contributed by atoms with van der Waals surface area (Å²) < 4.78 is 0. The SMILES string of the molecule is C.C=C(C)C1=CC[C@H]2[C@@H]3C=CC4=CC(=O)CC[C@]4(C)[C@H]3C[C@@H](O)[C@]12C.C=C(C)C1=CC[C@H]2[C@@H]3CCC4=CC(=O)CC[C@]4(C)[C@H]3C[C@@H](O)[C@]12C.C=C(C)C1CC[C@H]2[C@@H]3C=CC4=CC(=O)CC[C@]4(C)[C@H]3C[C@@H](O)[C@]12C.C=C(C)C1CC[C@H]2[C@@H]3CCC4=CC(=O)CC[C@]4(C)[C@H]3C[C@@H](O)[C@]12C. The lowest BCUT2D eigenvalue weighted by Gasteiger charge is -2.59. The van der Waals surface area contributed by atoms with Crippen molar-refractivity contribution in [1.29, 1.82) is 0 Å². The Bertz CT molecular complexity index is 3450. The maximum absolute atomic E-state index is 11.9. The monoisotopic (exact) mass is 1320 g/mol. The van der Waals surface area contributed by atoms with Crippen molar-refractivity contribution in [1.82, 2.24) is 0 Å². The summed E-state index contributed by atoms with van der Waals surface area (Å²) in [7, 11) is 0. The zero-order valence-electron chi connectivity index (χ0n) is 61.0. The number of aliphatic hydroxyl groups is 4. The molecular formula is C89H124O8. The van der Waals surface area contributed by atoms with Gasteiger partial charge in [0.1, 0.15) is 0 Å². The molecule has 0 spiro atoms. The van der Waals surface area contributed by atoms with Gasteiger partial charge in [0.15, 0.2) is 23.1 Å². The van der Waals surface area contributed by atoms with Gasteiger partial charge in [-0.3, -0.25) is 19.2 Å². The van der Waals surface area contributed by atoms with Crippen molar-refractivity contribution in [3.63, 3.8) is 0 Å². The van der Waals surface area contributed by atoms with Crippen LogP contribution in [0.25, 0.3) is 0 Å². The molecule has 16 aliphatic carbocycles. The van der Waals surface area contributed by atoms with Gasteiger partial charge in [0.25, 0.3) is 0 Å². The molecule has 8 nitrogen and oxygen atoms in total. The van der Waals surface area contributed by atoms with E-state index in [1.165, 1.54) is 76.7 Å². The number of rotatable bonds is 4. The second-order valence-electron chi connectivity index (χ2n) is 36.7. The highest BCUT2D eigenvalue weighted by Crippen LogP contribution is 2.71. The molecule has 0 saturated heterocycles. The van der Waals surface area contributed by atoms with Crippen LogP contribution in [0.15, 0.2) is 143 Å². The molecule has 0 aromatic heterocycles. The lowest BCUT2D eigenvalue weighted by atomic mass is 9.46. The van der Waals surface area contributed by atoms with Gasteiger partial charge in [-0.2, -0.15) is 0 Å². The quantitative estimate of drug-likeness (QED) is 0.203. The summed E-state index contributed by atoms with van der Waals surface area (Å²) in [5.74, 6) is 8.42. The third kappa shape index (κ3) is 10.9. The Morgan fingerprint density at radius 2 is 0.753 bits per heavy atom. The van der Waals surface area contributed by atoms with Gasteiger partial charge >= 0.3 is 0 Å². The molecule has 0 bridgehead atoms. The van der Waals surface area contributed by atoms with Crippen molar-refractivity contribution in [2.24, 2.45) is 126 Å². The number of ketones is 4. The maximum atomic E-state index is 11.9. The molecule has 97 heavy (non-hydrogen) atoms. The molecule has 4 N–H and O–H groups in total. The number of carbonyl (C=O) groups excluding carboxylic acids is 4. The minimum Gasteiger partial charge on any atom is -0.393 e. The molecule has 26 atom stereocenters. The van der Waals surface area contributed by atoms with Gasteiger partial charge in [-0.05, 0) is 294 Å². The topological polar surface area (TPSA) is 149 Å². The third-order valence-corrected chi connectivity index (χ3v) is 32.7. The minimum atomic E-state index is -0.337. The van der Waals surface area contributed by atoms with E-state index in [0.29, 0.717) is 120 Å². The van der Waals surface area contributed by atoms with E-state index in [9.17, 15) is 39.6 Å². The second-order valence-corrected chi connectivity index (χ2v) is 36.7. The lowest BCUT2D eigenvalue weighted by Crippen LogP contribution is -2.56. The standard InChI is InChI=1S/C22H32O2.2C22H30O2.C22H28O2.CH4/c4*1-13(2)17-7-8-18-16-6-5-14-11-15(23)9-10-21(14,3)19(16)12-20(24)22(17,18)4;/h11,16-20,24H,1,5-10,12H2,2-4H3;7,11,16,18-20,24H,1,5-6,8-10,12H2,2-4H3;5-6,11,16-20,24H,1,7-10,12H2,2-4H3;5-7,11,16,18-20,24H,1,8-10,12H2,2-4H3;1H4/t16-,17?,18-,19-,20+,21-,22+;16-,18-,19-,20+,21-,22+;16-,17?,18-,19-,20+,21-,22+;16-,18-,19-,20+,21-,22+;/m0000./s1. The zero-order chi connectivity index (χ0) is 69.1. The van der Waals surface area contributed by atoms with E-state index in [2.05, 4.69) is 146 Å². The van der Waals surface area contributed by atoms with Gasteiger partial charge in [0.05, 0.1) is 24.4 Å². The first-order valence-corrected chi connectivity index (χ1v) is 38.2. The van der Waals surface area contributed by atoms with Gasteiger partial charge in [-0.25, -0.2) is 0 Å². The Balaban J connectivity index is 0.000000123. The molecule has 0 aliphatic heterocycles. The number of fused-ring (bicyclic) bond motifs is 20. The Hall–Kier alpha value is -4.60. The summed E-state index contributed by atoms with van der Waals surface area (Å²) in [4.78, 5) is 47.5. The van der Waals surface area contributed by atoms with Crippen LogP contribution in [0.3, 0.4) is 0 Å². The molecule has 0 aromatic rings. The van der Waals surface area contributed by atoms with Crippen molar-refractivity contribution in [3.05, 3.63) is 143 Å². The number of hydrogen-bond donors (Lipinski definition) is 4. The van der Waals surface area contributed by atoms with E-state index in [-0.39, 0.29) is 86.7 Å². The molecule has 528 valence electrons. The molecular weight excluding hydrogens is 1200 g/mol. The van der Waals surface area contributed by atoms with Crippen molar-refractivity contribution < 1.29 is 39.6 Å². The predicted octanol–water partition coefficient (Wildman–Crippen LogP) is 18.8. The fourth-order valence-electron chi connectivity index (χ4n) is 27.0. The normalized spacial score (nSPS) is 48.1. The highest BCUT2D eigenvalue weighted by molar-refractivity contribution is 5.93. The van der Waals surface area contributed by atoms with Crippen LogP contribution in [-0.4, -0.2) is 68.0 Å². The van der Waals surface area contributed by atoms with Crippen LogP contribution in [0.2, 0.25) is 0 Å². The van der Waals surface area contributed by atoms with Crippen molar-refractivity contribution in [2.75, 3.05) is 0 Å². The Morgan fingerprint density at radius 1 is 0.402 bits per heavy atom. The van der Waals surface area contributed by atoms with Crippen molar-refractivity contribution in [2.45, 2.75) is 256 Å². The summed E-state index contributed by atoms with van der Waals surface area (Å²) in [5, 5.41) is 44.8. The molecule has 16 rings (SSSR count). The molecule has 8 saturated carbocycles. The summed E-state index contributed by atoms with van der Waals surface area (Å²) >= 11 is 0. The average molecular weight is 1320 g/mol. The predicted molar refractivity (Wildman–Crippen MR) is 392 cm³/mol. The molecule has 2 unspecified atom stereocenters. The van der Waals surface area contributed by atoms with Crippen LogP contribution in [-0.2, 0) is 19.2 Å². The van der Waals surface area contributed by atoms with E-state index < -0.39 is 0 Å². The molecule has 8 heteroatoms. The van der Waals surface area contributed by atoms with Gasteiger partial charge in [0, 0.05) is 47.3 Å². The number of aliphatic hydroxyl groups excluding tert-OH is 4. The number of allylic oxidation sites excluding steroid dienone is 17. The van der Waals surface area contributed by atoms with Gasteiger partial charge in [0.2, 0.25) is 0 Å². The van der Waals surface area contributed by atoms with Gasteiger partial charge in [-0.1, -0.05) is 159 Å². The van der Waals surface area contributed by atoms with Crippen LogP contribution in [0.1, 0.15) is 232 Å². The summed E-state index contributed by atoms with van der Waals surface area (Å²) in [6.45, 7) is 43.7. The Labute approximate surface area is 584 Å². The summed E-state index contributed by atoms with van der Waals surface area (Å²) in [5.41, 5.74) is 12.4. The van der Waals surface area contributed by atoms with Gasteiger partial charge < -0.3 is 20.4 Å². The first kappa shape index (κ1) is 72.2. The first-order chi connectivity index (χ1) is 45.1. The summed E-state index contributed by atoms with van der Waals surface area (Å²) in [6.07, 6.45) is 41.5. The highest BCUT2D eigenvalue weighted by Gasteiger charge is 2.66. The van der Waals surface area contributed by atoms with Gasteiger partial charge in [-0.15, -0.1) is 0 Å². The first-order valence-electron chi connectivity index (χ1n) is 38.2. The molecule has 16 aliphatic rings. The van der Waals surface area contributed by atoms with E-state index in [0.717, 1.165) is 94.6 Å². The fourth-order valence-corrected chi connectivity index (χ4v) is 27.0. The van der Waals surface area contributed by atoms with Crippen LogP contribution < -0.4 is 0 Å². The van der Waals surface area contributed by atoms with E-state index in [4.69, 9.17) is 0 Å². The van der Waals surface area contributed by atoms with Crippen LogP contribution in [0.5, 0.6) is 0 Å². The van der Waals surface area contributed by atoms with Crippen LogP contribution in [0.4, 0.5) is 0 Å². The third-order valence-electron chi connectivity index (χ3n) is 32.7. The Kier molecular flexibility index (Phi) is 18.9. The zero-order valence-corrected chi connectivity index (χ0v) is 61.0. The van der Waals surface area contributed by atoms with Crippen molar-refractivity contribution >= 4 is 23.1 Å². The largest absolute Gasteiger partial charge is 0.393 e.